The van der Waals surface area contributed by atoms with E-state index < -0.39 is 5.82 Å². The number of hydrogen-bond donors (Lipinski definition) is 1. The Bertz CT molecular complexity index is 539. The molecule has 2 rings (SSSR count). The predicted molar refractivity (Wildman–Crippen MR) is 69.9 cm³/mol. The summed E-state index contributed by atoms with van der Waals surface area (Å²) in [6.07, 6.45) is 5.25. The highest BCUT2D eigenvalue weighted by Crippen LogP contribution is 2.26. The maximum absolute atomic E-state index is 13.3. The molecule has 5 heteroatoms. The quantitative estimate of drug-likeness (QED) is 0.926. The van der Waals surface area contributed by atoms with Crippen LogP contribution in [0.25, 0.3) is 0 Å². The Morgan fingerprint density at radius 2 is 2.28 bits per heavy atom. The molecule has 96 valence electrons. The van der Waals surface area contributed by atoms with Gasteiger partial charge in [0.05, 0.1) is 11.2 Å². The second-order valence-corrected chi connectivity index (χ2v) is 4.69. The van der Waals surface area contributed by atoms with Gasteiger partial charge in [0.15, 0.2) is 0 Å². The highest BCUT2D eigenvalue weighted by Gasteiger charge is 2.13. The number of aromatic nitrogens is 2. The number of hydrogen-bond acceptors (Lipinski definition) is 2. The summed E-state index contributed by atoms with van der Waals surface area (Å²) in [6, 6.07) is 4.45. The fraction of sp³-hybridized carbons (Fsp3) is 0.308. The minimum absolute atomic E-state index is 0.121. The van der Waals surface area contributed by atoms with E-state index in [0.717, 1.165) is 12.0 Å². The molecule has 1 atom stereocenters. The lowest BCUT2D eigenvalue weighted by molar-refractivity contribution is 0.609. The topological polar surface area (TPSA) is 43.8 Å². The van der Waals surface area contributed by atoms with Crippen LogP contribution in [0.1, 0.15) is 23.6 Å². The maximum atomic E-state index is 13.3. The molecule has 0 aliphatic carbocycles. The van der Waals surface area contributed by atoms with Crippen LogP contribution < -0.4 is 5.73 Å². The average molecular weight is 268 g/mol. The van der Waals surface area contributed by atoms with E-state index in [4.69, 9.17) is 17.3 Å². The van der Waals surface area contributed by atoms with E-state index in [1.807, 2.05) is 13.2 Å². The zero-order chi connectivity index (χ0) is 13.1. The van der Waals surface area contributed by atoms with E-state index in [2.05, 4.69) is 5.10 Å². The van der Waals surface area contributed by atoms with Gasteiger partial charge < -0.3 is 5.73 Å². The first kappa shape index (κ1) is 13.1. The monoisotopic (exact) mass is 267 g/mol. The molecule has 0 fully saturated rings. The summed E-state index contributed by atoms with van der Waals surface area (Å²) in [5.74, 6) is -0.425. The van der Waals surface area contributed by atoms with Crippen LogP contribution >= 0.6 is 11.6 Å². The highest BCUT2D eigenvalue weighted by atomic mass is 35.5. The lowest BCUT2D eigenvalue weighted by Gasteiger charge is -2.13. The average Bonchev–Trinajstić information content (AvgIpc) is 2.76. The van der Waals surface area contributed by atoms with Crippen LogP contribution in [0, 0.1) is 5.82 Å². The van der Waals surface area contributed by atoms with Crippen molar-refractivity contribution in [2.24, 2.45) is 12.8 Å². The van der Waals surface area contributed by atoms with Crippen LogP contribution in [0.2, 0.25) is 5.02 Å². The molecule has 1 heterocycles. The first-order valence-corrected chi connectivity index (χ1v) is 6.12. The van der Waals surface area contributed by atoms with E-state index in [-0.39, 0.29) is 11.1 Å². The van der Waals surface area contributed by atoms with Gasteiger partial charge in [0.2, 0.25) is 0 Å². The Kier molecular flexibility index (Phi) is 3.99. The molecule has 0 aliphatic rings. The van der Waals surface area contributed by atoms with Crippen molar-refractivity contribution in [1.82, 2.24) is 9.78 Å². The van der Waals surface area contributed by atoms with Crippen LogP contribution in [0.3, 0.4) is 0 Å². The second-order valence-electron chi connectivity index (χ2n) is 4.31. The summed E-state index contributed by atoms with van der Waals surface area (Å²) >= 11 is 5.90. The molecule has 1 aromatic carbocycles. The number of nitrogens with two attached hydrogens (primary N) is 1. The van der Waals surface area contributed by atoms with Crippen LogP contribution in [-0.2, 0) is 13.5 Å². The molecule has 1 unspecified atom stereocenters. The van der Waals surface area contributed by atoms with E-state index in [0.29, 0.717) is 12.0 Å². The SMILES string of the molecule is Cn1cc(CCC(N)c2cccc(F)c2Cl)cn1. The Labute approximate surface area is 110 Å². The molecule has 2 N–H and O–H groups in total. The fourth-order valence-electron chi connectivity index (χ4n) is 1.89. The van der Waals surface area contributed by atoms with E-state index in [1.165, 1.54) is 6.07 Å². The highest BCUT2D eigenvalue weighted by molar-refractivity contribution is 6.31. The Morgan fingerprint density at radius 1 is 1.50 bits per heavy atom. The second kappa shape index (κ2) is 5.50. The molecule has 3 nitrogen and oxygen atoms in total. The van der Waals surface area contributed by atoms with Gasteiger partial charge in [0.1, 0.15) is 5.82 Å². The molecule has 0 amide bonds. The first-order valence-electron chi connectivity index (χ1n) is 5.75. The van der Waals surface area contributed by atoms with Gasteiger partial charge in [-0.2, -0.15) is 5.10 Å². The zero-order valence-electron chi connectivity index (χ0n) is 10.1. The van der Waals surface area contributed by atoms with Crippen LogP contribution in [0.5, 0.6) is 0 Å². The largest absolute Gasteiger partial charge is 0.324 e. The predicted octanol–water partition coefficient (Wildman–Crippen LogP) is 2.85. The number of halogens is 2. The van der Waals surface area contributed by atoms with Crippen molar-refractivity contribution in [2.75, 3.05) is 0 Å². The van der Waals surface area contributed by atoms with Crippen molar-refractivity contribution in [3.63, 3.8) is 0 Å². The molecule has 0 saturated carbocycles. The molecule has 18 heavy (non-hydrogen) atoms. The number of aryl methyl sites for hydroxylation is 2. The summed E-state index contributed by atoms with van der Waals surface area (Å²) in [6.45, 7) is 0. The smallest absolute Gasteiger partial charge is 0.142 e. The minimum atomic E-state index is -0.425. The fourth-order valence-corrected chi connectivity index (χ4v) is 2.15. The molecular weight excluding hydrogens is 253 g/mol. The summed E-state index contributed by atoms with van der Waals surface area (Å²) in [4.78, 5) is 0. The van der Waals surface area contributed by atoms with E-state index in [9.17, 15) is 4.39 Å². The molecule has 1 aromatic heterocycles. The van der Waals surface area contributed by atoms with Gasteiger partial charge >= 0.3 is 0 Å². The van der Waals surface area contributed by atoms with Crippen molar-refractivity contribution in [3.05, 3.63) is 52.6 Å². The third-order valence-electron chi connectivity index (χ3n) is 2.88. The Morgan fingerprint density at radius 3 is 2.94 bits per heavy atom. The molecule has 0 aliphatic heterocycles. The number of nitrogens with zero attached hydrogens (tertiary/aromatic N) is 2. The molecule has 0 spiro atoms. The summed E-state index contributed by atoms with van der Waals surface area (Å²) in [5.41, 5.74) is 7.81. The van der Waals surface area contributed by atoms with Crippen LogP contribution in [-0.4, -0.2) is 9.78 Å². The van der Waals surface area contributed by atoms with Crippen molar-refractivity contribution in [2.45, 2.75) is 18.9 Å². The van der Waals surface area contributed by atoms with Gasteiger partial charge in [-0.15, -0.1) is 0 Å². The van der Waals surface area contributed by atoms with Gasteiger partial charge in [0.25, 0.3) is 0 Å². The number of rotatable bonds is 4. The standard InChI is InChI=1S/C13H15ClFN3/c1-18-8-9(7-17-18)5-6-12(16)10-3-2-4-11(15)13(10)14/h2-4,7-8,12H,5-6,16H2,1H3. The van der Waals surface area contributed by atoms with Gasteiger partial charge in [-0.25, -0.2) is 4.39 Å². The molecule has 0 saturated heterocycles. The van der Waals surface area contributed by atoms with Crippen molar-refractivity contribution >= 4 is 11.6 Å². The van der Waals surface area contributed by atoms with Crippen molar-refractivity contribution < 1.29 is 4.39 Å². The van der Waals surface area contributed by atoms with Crippen molar-refractivity contribution in [3.8, 4) is 0 Å². The molecule has 0 radical (unpaired) electrons. The lowest BCUT2D eigenvalue weighted by atomic mass is 10.0. The van der Waals surface area contributed by atoms with E-state index >= 15 is 0 Å². The normalized spacial score (nSPS) is 12.7. The Balaban J connectivity index is 2.03. The van der Waals surface area contributed by atoms with Gasteiger partial charge in [-0.1, -0.05) is 23.7 Å². The van der Waals surface area contributed by atoms with Crippen molar-refractivity contribution in [1.29, 1.82) is 0 Å². The zero-order valence-corrected chi connectivity index (χ0v) is 10.9. The van der Waals surface area contributed by atoms with Gasteiger partial charge in [0, 0.05) is 19.3 Å². The number of benzene rings is 1. The third kappa shape index (κ3) is 2.89. The van der Waals surface area contributed by atoms with Crippen LogP contribution in [0.15, 0.2) is 30.6 Å². The van der Waals surface area contributed by atoms with E-state index in [1.54, 1.807) is 23.0 Å². The summed E-state index contributed by atoms with van der Waals surface area (Å²) in [7, 11) is 1.87. The summed E-state index contributed by atoms with van der Waals surface area (Å²) < 4.78 is 15.1. The maximum Gasteiger partial charge on any atom is 0.142 e. The first-order chi connectivity index (χ1) is 8.58. The Hall–Kier alpha value is -1.39. The van der Waals surface area contributed by atoms with Gasteiger partial charge in [-0.05, 0) is 30.0 Å². The molecule has 0 bridgehead atoms. The molecule has 2 aromatic rings. The lowest BCUT2D eigenvalue weighted by Crippen LogP contribution is -2.12. The summed E-state index contributed by atoms with van der Waals surface area (Å²) in [5, 5.41) is 4.21. The third-order valence-corrected chi connectivity index (χ3v) is 3.28. The minimum Gasteiger partial charge on any atom is -0.324 e. The van der Waals surface area contributed by atoms with Crippen LogP contribution in [0.4, 0.5) is 4.39 Å². The van der Waals surface area contributed by atoms with Gasteiger partial charge in [-0.3, -0.25) is 4.68 Å². The molecular formula is C13H15ClFN3.